The Kier molecular flexibility index (Phi) is 4.27. The summed E-state index contributed by atoms with van der Waals surface area (Å²) in [6.45, 7) is 9.19. The van der Waals surface area contributed by atoms with Crippen LogP contribution in [0.2, 0.25) is 5.02 Å². The third kappa shape index (κ3) is 3.37. The number of benzene rings is 1. The van der Waals surface area contributed by atoms with Crippen molar-refractivity contribution in [3.8, 4) is 5.69 Å². The Labute approximate surface area is 119 Å². The summed E-state index contributed by atoms with van der Waals surface area (Å²) in [6, 6.07) is 6.90. The molecule has 0 radical (unpaired) electrons. The van der Waals surface area contributed by atoms with E-state index in [-0.39, 0.29) is 0 Å². The van der Waals surface area contributed by atoms with E-state index in [9.17, 15) is 0 Å². The van der Waals surface area contributed by atoms with E-state index in [0.29, 0.717) is 11.1 Å². The fourth-order valence-electron chi connectivity index (χ4n) is 1.97. The first-order valence-corrected chi connectivity index (χ1v) is 6.90. The third-order valence-corrected chi connectivity index (χ3v) is 3.43. The topological polar surface area (TPSA) is 29.9 Å². The molecule has 0 atom stereocenters. The molecule has 0 saturated heterocycles. The second kappa shape index (κ2) is 5.76. The Morgan fingerprint density at radius 2 is 2.05 bits per heavy atom. The normalized spacial score (nSPS) is 11.3. The maximum atomic E-state index is 6.05. The van der Waals surface area contributed by atoms with E-state index in [1.165, 1.54) is 11.1 Å². The minimum Gasteiger partial charge on any atom is -0.310 e. The van der Waals surface area contributed by atoms with Gasteiger partial charge in [-0.3, -0.25) is 0 Å². The van der Waals surface area contributed by atoms with Crippen molar-refractivity contribution >= 4 is 11.6 Å². The summed E-state index contributed by atoms with van der Waals surface area (Å²) >= 11 is 6.05. The predicted octanol–water partition coefficient (Wildman–Crippen LogP) is 3.64. The van der Waals surface area contributed by atoms with E-state index in [2.05, 4.69) is 49.4 Å². The molecular weight excluding hydrogens is 258 g/mol. The van der Waals surface area contributed by atoms with Gasteiger partial charge < -0.3 is 5.32 Å². The van der Waals surface area contributed by atoms with Crippen LogP contribution in [0.1, 0.15) is 30.7 Å². The van der Waals surface area contributed by atoms with E-state index in [0.717, 1.165) is 17.9 Å². The predicted molar refractivity (Wildman–Crippen MR) is 80.0 cm³/mol. The second-order valence-electron chi connectivity index (χ2n) is 5.16. The van der Waals surface area contributed by atoms with Crippen molar-refractivity contribution in [2.24, 2.45) is 0 Å². The van der Waals surface area contributed by atoms with Gasteiger partial charge in [0.15, 0.2) is 0 Å². The number of hydrogen-bond acceptors (Lipinski definition) is 2. The standard InChI is InChI=1S/C15H20ClN3/c1-10(2)17-8-13-5-6-15(11(3)7-13)19-9-14(16)12(4)18-19/h5-7,9-10,17H,8H2,1-4H3. The quantitative estimate of drug-likeness (QED) is 0.925. The van der Waals surface area contributed by atoms with Gasteiger partial charge in [-0.05, 0) is 31.0 Å². The van der Waals surface area contributed by atoms with Gasteiger partial charge in [0.05, 0.1) is 16.4 Å². The SMILES string of the molecule is Cc1cc(CNC(C)C)ccc1-n1cc(Cl)c(C)n1. The number of rotatable bonds is 4. The minimum atomic E-state index is 0.493. The molecule has 2 aromatic rings. The Bertz CT molecular complexity index is 553. The van der Waals surface area contributed by atoms with Crippen molar-refractivity contribution in [1.82, 2.24) is 15.1 Å². The summed E-state index contributed by atoms with van der Waals surface area (Å²) in [6.07, 6.45) is 1.85. The van der Waals surface area contributed by atoms with E-state index in [4.69, 9.17) is 11.6 Å². The van der Waals surface area contributed by atoms with Gasteiger partial charge >= 0.3 is 0 Å². The smallest absolute Gasteiger partial charge is 0.0819 e. The molecule has 2 rings (SSSR count). The highest BCUT2D eigenvalue weighted by atomic mass is 35.5. The van der Waals surface area contributed by atoms with Crippen molar-refractivity contribution < 1.29 is 0 Å². The van der Waals surface area contributed by atoms with Crippen LogP contribution < -0.4 is 5.32 Å². The lowest BCUT2D eigenvalue weighted by Gasteiger charge is -2.11. The zero-order valence-corrected chi connectivity index (χ0v) is 12.6. The zero-order valence-electron chi connectivity index (χ0n) is 11.9. The maximum Gasteiger partial charge on any atom is 0.0819 e. The fraction of sp³-hybridized carbons (Fsp3) is 0.400. The Balaban J connectivity index is 2.24. The summed E-state index contributed by atoms with van der Waals surface area (Å²) in [5, 5.41) is 8.53. The van der Waals surface area contributed by atoms with Gasteiger partial charge in [-0.2, -0.15) is 5.10 Å². The summed E-state index contributed by atoms with van der Waals surface area (Å²) < 4.78 is 1.84. The highest BCUT2D eigenvalue weighted by Gasteiger charge is 2.07. The van der Waals surface area contributed by atoms with E-state index in [1.807, 2.05) is 17.8 Å². The van der Waals surface area contributed by atoms with Crippen LogP contribution in [0, 0.1) is 13.8 Å². The number of nitrogens with one attached hydrogen (secondary N) is 1. The number of halogens is 1. The van der Waals surface area contributed by atoms with Crippen LogP contribution in [0.5, 0.6) is 0 Å². The summed E-state index contributed by atoms with van der Waals surface area (Å²) in [4.78, 5) is 0. The van der Waals surface area contributed by atoms with Gasteiger partial charge in [-0.15, -0.1) is 0 Å². The molecule has 0 spiro atoms. The first-order chi connectivity index (χ1) is 8.97. The van der Waals surface area contributed by atoms with E-state index in [1.54, 1.807) is 0 Å². The average molecular weight is 278 g/mol. The molecule has 102 valence electrons. The van der Waals surface area contributed by atoms with Crippen LogP contribution in [-0.2, 0) is 6.54 Å². The third-order valence-electron chi connectivity index (χ3n) is 3.06. The van der Waals surface area contributed by atoms with Crippen LogP contribution in [0.4, 0.5) is 0 Å². The fourth-order valence-corrected chi connectivity index (χ4v) is 2.10. The molecule has 0 fully saturated rings. The molecule has 0 unspecified atom stereocenters. The number of aromatic nitrogens is 2. The molecule has 0 aliphatic rings. The largest absolute Gasteiger partial charge is 0.310 e. The lowest BCUT2D eigenvalue weighted by molar-refractivity contribution is 0.588. The molecule has 1 heterocycles. The molecule has 0 saturated carbocycles. The van der Waals surface area contributed by atoms with E-state index < -0.39 is 0 Å². The molecule has 0 bridgehead atoms. The first-order valence-electron chi connectivity index (χ1n) is 6.52. The molecule has 3 nitrogen and oxygen atoms in total. The van der Waals surface area contributed by atoms with Gasteiger partial charge in [0, 0.05) is 18.8 Å². The molecule has 1 N–H and O–H groups in total. The summed E-state index contributed by atoms with van der Waals surface area (Å²) in [5.74, 6) is 0. The van der Waals surface area contributed by atoms with Crippen molar-refractivity contribution in [2.75, 3.05) is 0 Å². The van der Waals surface area contributed by atoms with Crippen LogP contribution in [-0.4, -0.2) is 15.8 Å². The van der Waals surface area contributed by atoms with Gasteiger partial charge in [-0.25, -0.2) is 4.68 Å². The minimum absolute atomic E-state index is 0.493. The summed E-state index contributed by atoms with van der Waals surface area (Å²) in [7, 11) is 0. The molecule has 0 aliphatic carbocycles. The molecule has 1 aromatic heterocycles. The maximum absolute atomic E-state index is 6.05. The molecule has 4 heteroatoms. The van der Waals surface area contributed by atoms with Crippen molar-refractivity contribution in [3.63, 3.8) is 0 Å². The number of aryl methyl sites for hydroxylation is 2. The van der Waals surface area contributed by atoms with Crippen molar-refractivity contribution in [3.05, 3.63) is 46.2 Å². The Morgan fingerprint density at radius 1 is 1.32 bits per heavy atom. The lowest BCUT2D eigenvalue weighted by atomic mass is 10.1. The highest BCUT2D eigenvalue weighted by Crippen LogP contribution is 2.20. The number of hydrogen-bond donors (Lipinski definition) is 1. The highest BCUT2D eigenvalue weighted by molar-refractivity contribution is 6.31. The van der Waals surface area contributed by atoms with Crippen LogP contribution >= 0.6 is 11.6 Å². The molecule has 0 aliphatic heterocycles. The van der Waals surface area contributed by atoms with E-state index >= 15 is 0 Å². The molecule has 0 amide bonds. The van der Waals surface area contributed by atoms with Crippen molar-refractivity contribution in [2.45, 2.75) is 40.3 Å². The van der Waals surface area contributed by atoms with Crippen LogP contribution in [0.3, 0.4) is 0 Å². The number of nitrogens with zero attached hydrogens (tertiary/aromatic N) is 2. The Hall–Kier alpha value is -1.32. The Morgan fingerprint density at radius 3 is 2.58 bits per heavy atom. The van der Waals surface area contributed by atoms with Gasteiger partial charge in [0.2, 0.25) is 0 Å². The molecule has 19 heavy (non-hydrogen) atoms. The zero-order chi connectivity index (χ0) is 14.0. The summed E-state index contributed by atoms with van der Waals surface area (Å²) in [5.41, 5.74) is 4.40. The van der Waals surface area contributed by atoms with Gasteiger partial charge in [0.25, 0.3) is 0 Å². The first kappa shape index (κ1) is 14.1. The molecular formula is C15H20ClN3. The van der Waals surface area contributed by atoms with Crippen molar-refractivity contribution in [1.29, 1.82) is 0 Å². The molecule has 1 aromatic carbocycles. The average Bonchev–Trinajstić information content (AvgIpc) is 2.67. The second-order valence-corrected chi connectivity index (χ2v) is 5.57. The van der Waals surface area contributed by atoms with Gasteiger partial charge in [0.1, 0.15) is 0 Å². The lowest BCUT2D eigenvalue weighted by Crippen LogP contribution is -2.21. The van der Waals surface area contributed by atoms with Crippen LogP contribution in [0.25, 0.3) is 5.69 Å². The van der Waals surface area contributed by atoms with Gasteiger partial charge in [-0.1, -0.05) is 37.6 Å². The monoisotopic (exact) mass is 277 g/mol. The van der Waals surface area contributed by atoms with Crippen LogP contribution in [0.15, 0.2) is 24.4 Å².